The molecule has 2 aromatic carbocycles. The van der Waals surface area contributed by atoms with Gasteiger partial charge in [-0.05, 0) is 214 Å². The highest BCUT2D eigenvalue weighted by molar-refractivity contribution is 8.93. The summed E-state index contributed by atoms with van der Waals surface area (Å²) < 4.78 is 8.59. The summed E-state index contributed by atoms with van der Waals surface area (Å²) in [4.78, 5) is 109. The number of rotatable bonds is 63. The van der Waals surface area contributed by atoms with Crippen molar-refractivity contribution in [3.8, 4) is 0 Å². The van der Waals surface area contributed by atoms with E-state index in [0.29, 0.717) is 89.3 Å². The van der Waals surface area contributed by atoms with Gasteiger partial charge in [0.15, 0.2) is 34.7 Å². The fourth-order valence-corrected chi connectivity index (χ4v) is 12.3. The third kappa shape index (κ3) is 128. The molecule has 24 nitrogen and oxygen atoms in total. The summed E-state index contributed by atoms with van der Waals surface area (Å²) in [6, 6.07) is 20.8. The molecule has 0 aliphatic carbocycles. The van der Waals surface area contributed by atoms with Crippen LogP contribution in [-0.4, -0.2) is 355 Å². The second-order valence-corrected chi connectivity index (χ2v) is 40.2. The topological polar surface area (TPSA) is 219 Å². The van der Waals surface area contributed by atoms with E-state index in [2.05, 4.69) is 296 Å². The number of likely N-dealkylation sites (N-methyl/N-ethyl adjacent to an activating group) is 4. The minimum absolute atomic E-state index is 0. The van der Waals surface area contributed by atoms with Crippen molar-refractivity contribution in [2.24, 2.45) is 0 Å². The number of nitrogens with one attached hydrogen (secondary N) is 4. The number of para-hydroxylation sites is 1. The van der Waals surface area contributed by atoms with Crippen LogP contribution >= 0.6 is 139 Å². The van der Waals surface area contributed by atoms with Crippen molar-refractivity contribution in [2.75, 3.05) is 257 Å². The van der Waals surface area contributed by atoms with Crippen LogP contribution < -0.4 is 42.7 Å². The molecule has 147 heavy (non-hydrogen) atoms. The first-order valence-corrected chi connectivity index (χ1v) is 49.7. The molecule has 0 radical (unpaired) electrons. The first-order valence-electron chi connectivity index (χ1n) is 49.7. The van der Waals surface area contributed by atoms with E-state index >= 15 is 0 Å². The van der Waals surface area contributed by atoms with Gasteiger partial charge in [-0.15, -0.1) is 185 Å². The van der Waals surface area contributed by atoms with Gasteiger partial charge in [0.2, 0.25) is 23.6 Å². The Morgan fingerprint density at radius 2 is 0.517 bits per heavy atom. The SMILES string of the molecule is Br.Br.Br.Br.Br.Br.C=C(C)C(=O)NCC[N+]([CH2-])(C)C.C=C(C)C(=O)NCC[N+]([CH2-])(C)C.C=CC(=O)CCCC[N+](C)(C)CC.C=CC(=O)CCCC[N+](C)(C)[CH-]c1ccccc1.C=CC(=O)CCCC[N+](C)(C)c1ccccc1.C=CC(=O)CCCC[N+](CC)(CC)CC.C=CC(=O)CCCC[N+](CC)(CC)CC.C=CC(=O)CCCC[N+]([CH2-])(C)C.C=CC(=O)NCC[N+](C)(C)CC.C=CC(=O)NCC[N+]([CH2-])(C)C.Cl.Cl.Cl.[Br-]. The molecule has 34 heteroatoms. The van der Waals surface area contributed by atoms with Gasteiger partial charge >= 0.3 is 0 Å². The van der Waals surface area contributed by atoms with Gasteiger partial charge in [-0.3, -0.25) is 52.4 Å². The fourth-order valence-electron chi connectivity index (χ4n) is 12.3. The lowest BCUT2D eigenvalue weighted by Gasteiger charge is -2.35. The third-order valence-electron chi connectivity index (χ3n) is 23.3. The first kappa shape index (κ1) is 184. The summed E-state index contributed by atoms with van der Waals surface area (Å²) in [6.45, 7) is 80.2. The predicted octanol–water partition coefficient (Wildman–Crippen LogP) is 19.1. The molecule has 0 bridgehead atoms. The van der Waals surface area contributed by atoms with Gasteiger partial charge in [-0.2, -0.15) is 12.1 Å². The molecule has 0 saturated heterocycles. The number of hydrogen-bond donors (Lipinski definition) is 4. The highest BCUT2D eigenvalue weighted by atomic mass is 79.9. The lowest BCUT2D eigenvalue weighted by molar-refractivity contribution is -0.923. The molecule has 0 saturated carbocycles. The second kappa shape index (κ2) is 108. The van der Waals surface area contributed by atoms with Gasteiger partial charge in [0, 0.05) is 106 Å². The molecule has 0 fully saturated rings. The molecule has 866 valence electrons. The van der Waals surface area contributed by atoms with Crippen molar-refractivity contribution in [2.45, 2.75) is 185 Å². The van der Waals surface area contributed by atoms with Gasteiger partial charge < -0.3 is 78.6 Å². The molecule has 0 unspecified atom stereocenters. The molecule has 2 rings (SSSR count). The van der Waals surface area contributed by atoms with Crippen molar-refractivity contribution in [1.82, 2.24) is 25.8 Å². The van der Waals surface area contributed by atoms with E-state index in [1.54, 1.807) is 13.8 Å². The minimum atomic E-state index is -0.126. The number of carbonyl (C=O) groups is 10. The molecule has 4 amide bonds. The normalized spacial score (nSPS) is 10.4. The van der Waals surface area contributed by atoms with Crippen molar-refractivity contribution < 1.29 is 105 Å². The van der Waals surface area contributed by atoms with Gasteiger partial charge in [-0.1, -0.05) is 90.1 Å². The van der Waals surface area contributed by atoms with Crippen molar-refractivity contribution in [3.05, 3.63) is 227 Å². The summed E-state index contributed by atoms with van der Waals surface area (Å²) in [6.07, 6.45) is 27.3. The van der Waals surface area contributed by atoms with E-state index in [4.69, 9.17) is 0 Å². The van der Waals surface area contributed by atoms with E-state index < -0.39 is 0 Å². The Bertz CT molecular complexity index is 3650. The summed E-state index contributed by atoms with van der Waals surface area (Å²) in [5, 5.41) is 10.9. The zero-order valence-electron chi connectivity index (χ0n) is 96.8. The summed E-state index contributed by atoms with van der Waals surface area (Å²) in [7, 11) is 49.0. The number of halogens is 10. The van der Waals surface area contributed by atoms with Crippen LogP contribution in [-0.2, 0) is 47.9 Å². The first-order chi connectivity index (χ1) is 63.5. The van der Waals surface area contributed by atoms with Crippen molar-refractivity contribution in [1.29, 1.82) is 0 Å². The van der Waals surface area contributed by atoms with Gasteiger partial charge in [0.25, 0.3) is 0 Å². The number of allylic oxidation sites excluding steroid dienone is 6. The van der Waals surface area contributed by atoms with Crippen LogP contribution in [0, 0.1) is 34.7 Å². The Morgan fingerprint density at radius 3 is 0.755 bits per heavy atom. The molecule has 0 aliphatic rings. The third-order valence-corrected chi connectivity index (χ3v) is 23.3. The summed E-state index contributed by atoms with van der Waals surface area (Å²) in [5.41, 5.74) is 3.64. The van der Waals surface area contributed by atoms with Crippen LogP contribution in [0.2, 0.25) is 0 Å². The lowest BCUT2D eigenvalue weighted by Crippen LogP contribution is -3.00. The summed E-state index contributed by atoms with van der Waals surface area (Å²) in [5.74, 6) is 0.583. The number of benzene rings is 2. The van der Waals surface area contributed by atoms with Crippen LogP contribution in [0.25, 0.3) is 0 Å². The van der Waals surface area contributed by atoms with E-state index in [0.717, 1.165) is 165 Å². The van der Waals surface area contributed by atoms with Gasteiger partial charge in [-0.25, -0.2) is 0 Å². The molecule has 0 aromatic heterocycles. The Hall–Kier alpha value is -4.56. The predicted molar refractivity (Wildman–Crippen MR) is 670 cm³/mol. The van der Waals surface area contributed by atoms with Crippen LogP contribution in [0.1, 0.15) is 190 Å². The van der Waals surface area contributed by atoms with E-state index in [1.165, 1.54) is 121 Å². The monoisotopic (exact) mass is 2590 g/mol. The standard InChI is InChI=1S/C16H23NO.C15H22NO.2C13H26NO.C11H22NO.C10H19NO.3C9H18N2O.C8H16N2O.7BrH.3ClH/c1-4-16(18)12-8-9-13-17(2,3)14-15-10-6-5-7-11-15;1-4-15(17)12-8-9-13-16(2,3)14-10-6-5-7-11-14;2*1-5-13(15)11-9-10-12-14(6-2,7-3)8-4;1-5-11(13)9-7-8-10-12(3,4)6-2;1-5-10(12)8-6-7-9-11(2,3)4;2*1-8(2)9(12)10-6-7-11(3,4)5;1-5-9(12)10-7-8-11(3,4)6-2;1-5-8(11)9-6-7-10(2,3)4;;;;;;;;;;/h4-7,10-11,14H,1,8-9,12-13H2,2-3H3;4-7,10-11H,1,8-9,12-13H2,2-3H3;2*5H,1,6-12H2,2-4H3;5H,1,6-10H2,2-4H3;5H,1-2,6-9H2,3-4H3;2*1,3,6-7H2,2,4-5H3,(H,10,12);5H,1,6-8H2,2-4H3;5H,1-2,6-7H2,3-4H3,(H,9,11);10*1H/q;4*+1;;;;;;;;;;;;;;;. The van der Waals surface area contributed by atoms with Crippen LogP contribution in [0.15, 0.2) is 186 Å². The largest absolute Gasteiger partial charge is 1.00 e. The number of quaternary nitrogens is 10. The Morgan fingerprint density at radius 1 is 0.293 bits per heavy atom. The second-order valence-electron chi connectivity index (χ2n) is 40.2. The highest BCUT2D eigenvalue weighted by Gasteiger charge is 2.23. The maximum atomic E-state index is 11.1. The number of nitrogens with zero attached hydrogens (tertiary/aromatic N) is 10. The molecular weight excluding hydrogens is 2380 g/mol. The Balaban J connectivity index is -0.0000000783. The molecule has 0 aliphatic heterocycles. The molecule has 2 aromatic rings. The smallest absolute Gasteiger partial charge is 0.246 e. The maximum absolute atomic E-state index is 11.1. The van der Waals surface area contributed by atoms with E-state index in [1.807, 2.05) is 54.4 Å². The zero-order valence-corrected chi connectivity index (χ0v) is 111. The number of amides is 4. The number of carbonyl (C=O) groups excluding carboxylic acids is 10. The van der Waals surface area contributed by atoms with Crippen LogP contribution in [0.3, 0.4) is 0 Å². The molecule has 0 atom stereocenters. The summed E-state index contributed by atoms with van der Waals surface area (Å²) >= 11 is 0. The average Bonchev–Trinajstić information content (AvgIpc) is 0.852. The van der Waals surface area contributed by atoms with E-state index in [9.17, 15) is 47.9 Å². The average molecular weight is 2600 g/mol. The number of unbranched alkanes of at least 4 members (excludes halogenated alkanes) is 6. The van der Waals surface area contributed by atoms with Gasteiger partial charge in [0.05, 0.1) is 200 Å². The van der Waals surface area contributed by atoms with Crippen LogP contribution in [0.5, 0.6) is 0 Å². The molecule has 0 heterocycles. The quantitative estimate of drug-likeness (QED) is 0.0212. The van der Waals surface area contributed by atoms with Gasteiger partial charge in [0.1, 0.15) is 5.69 Å². The maximum Gasteiger partial charge on any atom is 0.246 e. The molecule has 0 spiro atoms. The number of hydrogen-bond acceptors (Lipinski definition) is 10. The number of ketones is 6. The Labute approximate surface area is 993 Å². The van der Waals surface area contributed by atoms with Crippen molar-refractivity contribution in [3.63, 3.8) is 0 Å². The zero-order chi connectivity index (χ0) is 108. The molecule has 4 N–H and O–H groups in total. The minimum Gasteiger partial charge on any atom is -1.00 e. The van der Waals surface area contributed by atoms with E-state index in [-0.39, 0.29) is 214 Å². The van der Waals surface area contributed by atoms with Crippen molar-refractivity contribution >= 4 is 203 Å². The molecular formula is C113H218Br7Cl3N14O10+4. The lowest BCUT2D eigenvalue weighted by atomic mass is 10.1. The fraction of sp³-hybridized carbons (Fsp3) is 0.584. The Kier molecular flexibility index (Phi) is 136. The highest BCUT2D eigenvalue weighted by Crippen LogP contribution is 2.20. The van der Waals surface area contributed by atoms with Crippen LogP contribution in [0.4, 0.5) is 5.69 Å².